The summed E-state index contributed by atoms with van der Waals surface area (Å²) in [5, 5.41) is 0. The van der Waals surface area contributed by atoms with Gasteiger partial charge in [-0.15, -0.1) is 0 Å². The summed E-state index contributed by atoms with van der Waals surface area (Å²) in [6, 6.07) is 0.542. The highest BCUT2D eigenvalue weighted by Crippen LogP contribution is 2.37. The molecule has 64 valence electrons. The Morgan fingerprint density at radius 3 is 2.27 bits per heavy atom. The summed E-state index contributed by atoms with van der Waals surface area (Å²) in [5.74, 6) is 2.08. The first-order valence-corrected chi connectivity index (χ1v) is 5.10. The van der Waals surface area contributed by atoms with E-state index in [4.69, 9.17) is 5.73 Å². The first-order chi connectivity index (χ1) is 5.34. The van der Waals surface area contributed by atoms with Gasteiger partial charge in [-0.2, -0.15) is 0 Å². The minimum atomic E-state index is 0.542. The molecule has 0 radical (unpaired) electrons. The highest BCUT2D eigenvalue weighted by molar-refractivity contribution is 4.81. The Labute approximate surface area is 69.4 Å². The normalized spacial score (nSPS) is 39.0. The van der Waals surface area contributed by atoms with Crippen LogP contribution < -0.4 is 5.73 Å². The Bertz CT molecular complexity index is 129. The topological polar surface area (TPSA) is 26.0 Å². The van der Waals surface area contributed by atoms with E-state index in [-0.39, 0.29) is 0 Å². The van der Waals surface area contributed by atoms with Crippen molar-refractivity contribution in [3.05, 3.63) is 0 Å². The van der Waals surface area contributed by atoms with E-state index in [0.717, 1.165) is 11.8 Å². The van der Waals surface area contributed by atoms with E-state index in [1.807, 2.05) is 0 Å². The van der Waals surface area contributed by atoms with Crippen LogP contribution in [0, 0.1) is 11.8 Å². The van der Waals surface area contributed by atoms with Crippen molar-refractivity contribution >= 4 is 0 Å². The molecular formula is C10H19N. The van der Waals surface area contributed by atoms with E-state index >= 15 is 0 Å². The fourth-order valence-electron chi connectivity index (χ4n) is 2.53. The molecule has 0 aromatic rings. The lowest BCUT2D eigenvalue weighted by Crippen LogP contribution is -2.17. The summed E-state index contributed by atoms with van der Waals surface area (Å²) in [4.78, 5) is 0. The molecule has 0 heterocycles. The number of hydrogen-bond donors (Lipinski definition) is 1. The van der Waals surface area contributed by atoms with Crippen LogP contribution in [0.1, 0.15) is 44.9 Å². The smallest absolute Gasteiger partial charge is 0.00415 e. The number of nitrogens with two attached hydrogens (primary N) is 1. The molecular weight excluding hydrogens is 134 g/mol. The van der Waals surface area contributed by atoms with Crippen molar-refractivity contribution in [2.24, 2.45) is 17.6 Å². The Balaban J connectivity index is 1.70. The lowest BCUT2D eigenvalue weighted by Gasteiger charge is -2.27. The zero-order valence-corrected chi connectivity index (χ0v) is 7.26. The molecule has 2 unspecified atom stereocenters. The number of hydrogen-bond acceptors (Lipinski definition) is 1. The Hall–Kier alpha value is -0.0400. The fraction of sp³-hybridized carbons (Fsp3) is 1.00. The molecule has 11 heavy (non-hydrogen) atoms. The molecule has 2 aliphatic rings. The van der Waals surface area contributed by atoms with Gasteiger partial charge >= 0.3 is 0 Å². The summed E-state index contributed by atoms with van der Waals surface area (Å²) in [6.07, 6.45) is 10.0. The van der Waals surface area contributed by atoms with Gasteiger partial charge in [0.05, 0.1) is 0 Å². The van der Waals surface area contributed by atoms with Crippen molar-refractivity contribution in [1.82, 2.24) is 0 Å². The Kier molecular flexibility index (Phi) is 2.17. The molecule has 2 rings (SSSR count). The molecule has 1 heteroatoms. The average molecular weight is 153 g/mol. The molecule has 2 saturated carbocycles. The monoisotopic (exact) mass is 153 g/mol. The molecule has 2 aliphatic carbocycles. The van der Waals surface area contributed by atoms with Crippen LogP contribution in [0.3, 0.4) is 0 Å². The van der Waals surface area contributed by atoms with E-state index in [1.165, 1.54) is 44.9 Å². The second-order valence-corrected chi connectivity index (χ2v) is 4.47. The van der Waals surface area contributed by atoms with Crippen molar-refractivity contribution < 1.29 is 0 Å². The molecule has 0 aromatic carbocycles. The van der Waals surface area contributed by atoms with Gasteiger partial charge in [0.2, 0.25) is 0 Å². The van der Waals surface area contributed by atoms with Gasteiger partial charge in [-0.3, -0.25) is 0 Å². The van der Waals surface area contributed by atoms with Gasteiger partial charge in [0.15, 0.2) is 0 Å². The second kappa shape index (κ2) is 3.14. The first-order valence-electron chi connectivity index (χ1n) is 5.10. The van der Waals surface area contributed by atoms with Crippen molar-refractivity contribution in [3.63, 3.8) is 0 Å². The van der Waals surface area contributed by atoms with Crippen LogP contribution in [-0.2, 0) is 0 Å². The predicted octanol–water partition coefficient (Wildman–Crippen LogP) is 2.30. The molecule has 2 atom stereocenters. The molecule has 0 amide bonds. The largest absolute Gasteiger partial charge is 0.328 e. The maximum Gasteiger partial charge on any atom is 0.00415 e. The molecule has 1 nitrogen and oxygen atoms in total. The van der Waals surface area contributed by atoms with Crippen molar-refractivity contribution in [3.8, 4) is 0 Å². The predicted molar refractivity (Wildman–Crippen MR) is 47.3 cm³/mol. The minimum absolute atomic E-state index is 0.542. The molecule has 0 aliphatic heterocycles. The van der Waals surface area contributed by atoms with Crippen LogP contribution in [0.2, 0.25) is 0 Å². The molecule has 2 N–H and O–H groups in total. The molecule has 0 saturated heterocycles. The van der Waals surface area contributed by atoms with Gasteiger partial charge in [0.1, 0.15) is 0 Å². The van der Waals surface area contributed by atoms with E-state index in [1.54, 1.807) is 0 Å². The standard InChI is InChI=1S/C10H19N/c11-10-5-4-9(7-10)6-8-2-1-3-8/h8-10H,1-7,11H2. The quantitative estimate of drug-likeness (QED) is 0.647. The van der Waals surface area contributed by atoms with Gasteiger partial charge < -0.3 is 5.73 Å². The lowest BCUT2D eigenvalue weighted by molar-refractivity contribution is 0.250. The summed E-state index contributed by atoms with van der Waals surface area (Å²) >= 11 is 0. The van der Waals surface area contributed by atoms with E-state index < -0.39 is 0 Å². The van der Waals surface area contributed by atoms with Crippen molar-refractivity contribution in [2.75, 3.05) is 0 Å². The van der Waals surface area contributed by atoms with Crippen molar-refractivity contribution in [2.45, 2.75) is 51.0 Å². The van der Waals surface area contributed by atoms with Gasteiger partial charge in [-0.1, -0.05) is 19.3 Å². The van der Waals surface area contributed by atoms with Gasteiger partial charge in [-0.05, 0) is 37.5 Å². The van der Waals surface area contributed by atoms with Crippen LogP contribution >= 0.6 is 0 Å². The van der Waals surface area contributed by atoms with E-state index in [0.29, 0.717) is 6.04 Å². The van der Waals surface area contributed by atoms with Crippen molar-refractivity contribution in [1.29, 1.82) is 0 Å². The summed E-state index contributed by atoms with van der Waals surface area (Å²) < 4.78 is 0. The minimum Gasteiger partial charge on any atom is -0.328 e. The van der Waals surface area contributed by atoms with Gasteiger partial charge in [0.25, 0.3) is 0 Å². The van der Waals surface area contributed by atoms with Crippen LogP contribution in [0.4, 0.5) is 0 Å². The summed E-state index contributed by atoms with van der Waals surface area (Å²) in [6.45, 7) is 0. The lowest BCUT2D eigenvalue weighted by atomic mass is 9.78. The van der Waals surface area contributed by atoms with E-state index in [2.05, 4.69) is 0 Å². The number of rotatable bonds is 2. The first kappa shape index (κ1) is 7.60. The maximum absolute atomic E-state index is 5.86. The Morgan fingerprint density at radius 2 is 1.82 bits per heavy atom. The third-order valence-electron chi connectivity index (χ3n) is 3.47. The third-order valence-corrected chi connectivity index (χ3v) is 3.47. The molecule has 2 fully saturated rings. The van der Waals surface area contributed by atoms with Gasteiger partial charge in [-0.25, -0.2) is 0 Å². The SMILES string of the molecule is NC1CCC(CC2CCC2)C1. The van der Waals surface area contributed by atoms with Crippen LogP contribution in [0.25, 0.3) is 0 Å². The highest BCUT2D eigenvalue weighted by Gasteiger charge is 2.26. The van der Waals surface area contributed by atoms with Crippen LogP contribution in [0.15, 0.2) is 0 Å². The molecule has 0 bridgehead atoms. The average Bonchev–Trinajstić information content (AvgIpc) is 2.27. The van der Waals surface area contributed by atoms with Gasteiger partial charge in [0, 0.05) is 6.04 Å². The van der Waals surface area contributed by atoms with Crippen LogP contribution in [0.5, 0.6) is 0 Å². The van der Waals surface area contributed by atoms with E-state index in [9.17, 15) is 0 Å². The highest BCUT2D eigenvalue weighted by atomic mass is 14.6. The summed E-state index contributed by atoms with van der Waals surface area (Å²) in [7, 11) is 0. The summed E-state index contributed by atoms with van der Waals surface area (Å²) in [5.41, 5.74) is 5.86. The molecule has 0 spiro atoms. The zero-order valence-electron chi connectivity index (χ0n) is 7.26. The molecule has 0 aromatic heterocycles. The van der Waals surface area contributed by atoms with Crippen LogP contribution in [-0.4, -0.2) is 6.04 Å². The zero-order chi connectivity index (χ0) is 7.68. The Morgan fingerprint density at radius 1 is 1.00 bits per heavy atom. The third kappa shape index (κ3) is 1.76. The maximum atomic E-state index is 5.86. The second-order valence-electron chi connectivity index (χ2n) is 4.47. The fourth-order valence-corrected chi connectivity index (χ4v) is 2.53.